The van der Waals surface area contributed by atoms with Gasteiger partial charge in [0.25, 0.3) is 0 Å². The maximum Gasteiger partial charge on any atom is 0.226 e. The summed E-state index contributed by atoms with van der Waals surface area (Å²) in [6.45, 7) is 3.25. The maximum atomic E-state index is 12.1. The van der Waals surface area contributed by atoms with Gasteiger partial charge in [0.2, 0.25) is 5.91 Å². The van der Waals surface area contributed by atoms with Gasteiger partial charge in [-0.05, 0) is 32.0 Å². The number of aryl methyl sites for hydroxylation is 2. The van der Waals surface area contributed by atoms with Crippen molar-refractivity contribution in [3.63, 3.8) is 0 Å². The topological polar surface area (TPSA) is 72.2 Å². The summed E-state index contributed by atoms with van der Waals surface area (Å²) in [4.78, 5) is 28.0. The van der Waals surface area contributed by atoms with Gasteiger partial charge in [-0.1, -0.05) is 28.1 Å². The van der Waals surface area contributed by atoms with Gasteiger partial charge in [-0.15, -0.1) is 11.3 Å². The molecule has 0 fully saturated rings. The first-order valence-corrected chi connectivity index (χ1v) is 9.71. The summed E-state index contributed by atoms with van der Waals surface area (Å²) in [6.07, 6.45) is 0.697. The van der Waals surface area contributed by atoms with E-state index in [9.17, 15) is 9.59 Å². The third-order valence-electron chi connectivity index (χ3n) is 3.84. The number of nitrogens with zero attached hydrogens (tertiary/aromatic N) is 1. The number of hydrogen-bond donors (Lipinski definition) is 1. The number of ketones is 1. The van der Waals surface area contributed by atoms with Gasteiger partial charge in [0.1, 0.15) is 11.5 Å². The van der Waals surface area contributed by atoms with Crippen LogP contribution in [-0.4, -0.2) is 16.7 Å². The smallest absolute Gasteiger partial charge is 0.226 e. The summed E-state index contributed by atoms with van der Waals surface area (Å²) >= 11 is 4.79. The second-order valence-electron chi connectivity index (χ2n) is 5.83. The van der Waals surface area contributed by atoms with Gasteiger partial charge in [-0.2, -0.15) is 0 Å². The van der Waals surface area contributed by atoms with E-state index in [-0.39, 0.29) is 18.1 Å². The third-order valence-corrected chi connectivity index (χ3v) is 5.12. The zero-order valence-electron chi connectivity index (χ0n) is 14.3. The van der Waals surface area contributed by atoms with Crippen LogP contribution >= 0.6 is 27.3 Å². The molecule has 0 saturated carbocycles. The van der Waals surface area contributed by atoms with E-state index in [1.54, 1.807) is 13.0 Å². The number of rotatable bonds is 6. The number of furan rings is 1. The van der Waals surface area contributed by atoms with Gasteiger partial charge < -0.3 is 9.73 Å². The van der Waals surface area contributed by atoms with Crippen molar-refractivity contribution in [1.82, 2.24) is 4.98 Å². The molecule has 5 nitrogen and oxygen atoms in total. The van der Waals surface area contributed by atoms with E-state index >= 15 is 0 Å². The van der Waals surface area contributed by atoms with E-state index in [0.29, 0.717) is 28.6 Å². The lowest BCUT2D eigenvalue weighted by molar-refractivity contribution is -0.116. The Balaban J connectivity index is 1.58. The molecule has 0 saturated heterocycles. The Kier molecular flexibility index (Phi) is 5.68. The predicted octanol–water partition coefficient (Wildman–Crippen LogP) is 5.25. The maximum absolute atomic E-state index is 12.1. The Bertz CT molecular complexity index is 944. The van der Waals surface area contributed by atoms with Crippen molar-refractivity contribution in [2.24, 2.45) is 0 Å². The number of carbonyl (C=O) groups excluding carboxylic acids is 2. The zero-order chi connectivity index (χ0) is 18.7. The number of thiazole rings is 1. The fourth-order valence-corrected chi connectivity index (χ4v) is 3.52. The molecular formula is C19H17BrN2O3S. The minimum atomic E-state index is -0.139. The summed E-state index contributed by atoms with van der Waals surface area (Å²) in [5, 5.41) is 5.28. The number of anilines is 1. The molecule has 7 heteroatoms. The van der Waals surface area contributed by atoms with Gasteiger partial charge in [0.05, 0.1) is 11.3 Å². The molecule has 2 heterocycles. The highest BCUT2D eigenvalue weighted by Gasteiger charge is 2.13. The number of benzene rings is 1. The average Bonchev–Trinajstić information content (AvgIpc) is 3.20. The van der Waals surface area contributed by atoms with E-state index in [0.717, 1.165) is 15.7 Å². The molecule has 134 valence electrons. The lowest BCUT2D eigenvalue weighted by Gasteiger charge is -2.00. The standard InChI is InChI=1S/C19H17BrN2O3S/c1-11(23)16-9-15(25-12(16)2)7-8-18(24)22-19-21-17(10-26-19)13-3-5-14(20)6-4-13/h3-6,9-10H,7-8H2,1-2H3,(H,21,22,24). The first kappa shape index (κ1) is 18.5. The Hall–Kier alpha value is -2.25. The van der Waals surface area contributed by atoms with Crippen molar-refractivity contribution in [2.45, 2.75) is 26.7 Å². The van der Waals surface area contributed by atoms with Crippen LogP contribution in [0, 0.1) is 6.92 Å². The zero-order valence-corrected chi connectivity index (χ0v) is 16.7. The van der Waals surface area contributed by atoms with E-state index in [1.807, 2.05) is 29.6 Å². The molecule has 3 aromatic rings. The largest absolute Gasteiger partial charge is 0.466 e. The molecule has 1 amide bonds. The van der Waals surface area contributed by atoms with Crippen LogP contribution in [0.3, 0.4) is 0 Å². The molecule has 0 spiro atoms. The second-order valence-corrected chi connectivity index (χ2v) is 7.61. The van der Waals surface area contributed by atoms with Crippen LogP contribution in [0.25, 0.3) is 11.3 Å². The quantitative estimate of drug-likeness (QED) is 0.539. The number of Topliss-reactive ketones (excluding diaryl/α,β-unsaturated/α-hetero) is 1. The van der Waals surface area contributed by atoms with Crippen LogP contribution in [0.2, 0.25) is 0 Å². The second kappa shape index (κ2) is 7.97. The van der Waals surface area contributed by atoms with Crippen LogP contribution in [0.4, 0.5) is 5.13 Å². The van der Waals surface area contributed by atoms with Crippen molar-refractivity contribution in [3.05, 3.63) is 57.3 Å². The monoisotopic (exact) mass is 432 g/mol. The molecule has 0 unspecified atom stereocenters. The minimum Gasteiger partial charge on any atom is -0.466 e. The van der Waals surface area contributed by atoms with Gasteiger partial charge in [-0.3, -0.25) is 9.59 Å². The normalized spacial score (nSPS) is 10.7. The Morgan fingerprint density at radius 3 is 2.65 bits per heavy atom. The van der Waals surface area contributed by atoms with Crippen molar-refractivity contribution in [1.29, 1.82) is 0 Å². The first-order chi connectivity index (χ1) is 12.4. The molecule has 2 aromatic heterocycles. The van der Waals surface area contributed by atoms with E-state index in [2.05, 4.69) is 26.2 Å². The Morgan fingerprint density at radius 1 is 1.27 bits per heavy atom. The predicted molar refractivity (Wildman–Crippen MR) is 106 cm³/mol. The fourth-order valence-electron chi connectivity index (χ4n) is 2.52. The molecule has 0 radical (unpaired) electrons. The SMILES string of the molecule is CC(=O)c1cc(CCC(=O)Nc2nc(-c3ccc(Br)cc3)cs2)oc1C. The molecular weight excluding hydrogens is 416 g/mol. The molecule has 0 atom stereocenters. The Labute approximate surface area is 163 Å². The van der Waals surface area contributed by atoms with E-state index in [4.69, 9.17) is 4.42 Å². The number of carbonyl (C=O) groups is 2. The number of hydrogen-bond acceptors (Lipinski definition) is 5. The minimum absolute atomic E-state index is 0.0368. The highest BCUT2D eigenvalue weighted by molar-refractivity contribution is 9.10. The third kappa shape index (κ3) is 4.47. The van der Waals surface area contributed by atoms with Crippen molar-refractivity contribution >= 4 is 44.1 Å². The van der Waals surface area contributed by atoms with Crippen LogP contribution < -0.4 is 5.32 Å². The fraction of sp³-hybridized carbons (Fsp3) is 0.211. The van der Waals surface area contributed by atoms with Crippen LogP contribution in [0.5, 0.6) is 0 Å². The van der Waals surface area contributed by atoms with Gasteiger partial charge in [-0.25, -0.2) is 4.98 Å². The van der Waals surface area contributed by atoms with Gasteiger partial charge >= 0.3 is 0 Å². The van der Waals surface area contributed by atoms with Crippen LogP contribution in [0.15, 0.2) is 44.6 Å². The van der Waals surface area contributed by atoms with Crippen LogP contribution in [-0.2, 0) is 11.2 Å². The van der Waals surface area contributed by atoms with Crippen molar-refractivity contribution in [3.8, 4) is 11.3 Å². The lowest BCUT2D eigenvalue weighted by Crippen LogP contribution is -2.11. The summed E-state index contributed by atoms with van der Waals surface area (Å²) < 4.78 is 6.54. The summed E-state index contributed by atoms with van der Waals surface area (Å²) in [6, 6.07) is 9.55. The molecule has 26 heavy (non-hydrogen) atoms. The lowest BCUT2D eigenvalue weighted by atomic mass is 10.1. The van der Waals surface area contributed by atoms with E-state index in [1.165, 1.54) is 18.3 Å². The summed E-state index contributed by atoms with van der Waals surface area (Å²) in [5.74, 6) is 1.05. The molecule has 1 aromatic carbocycles. The number of amides is 1. The molecule has 0 aliphatic carbocycles. The summed E-state index contributed by atoms with van der Waals surface area (Å²) in [7, 11) is 0. The Morgan fingerprint density at radius 2 is 2.00 bits per heavy atom. The summed E-state index contributed by atoms with van der Waals surface area (Å²) in [5.41, 5.74) is 2.39. The first-order valence-electron chi connectivity index (χ1n) is 8.04. The molecule has 0 aliphatic rings. The highest BCUT2D eigenvalue weighted by atomic mass is 79.9. The number of halogens is 1. The van der Waals surface area contributed by atoms with Crippen molar-refractivity contribution in [2.75, 3.05) is 5.32 Å². The van der Waals surface area contributed by atoms with Crippen molar-refractivity contribution < 1.29 is 14.0 Å². The molecule has 3 rings (SSSR count). The van der Waals surface area contributed by atoms with Gasteiger partial charge in [0.15, 0.2) is 10.9 Å². The average molecular weight is 433 g/mol. The number of aromatic nitrogens is 1. The molecule has 0 aliphatic heterocycles. The van der Waals surface area contributed by atoms with Gasteiger partial charge in [0, 0.05) is 28.3 Å². The number of nitrogens with one attached hydrogen (secondary N) is 1. The molecule has 1 N–H and O–H groups in total. The highest BCUT2D eigenvalue weighted by Crippen LogP contribution is 2.26. The van der Waals surface area contributed by atoms with E-state index < -0.39 is 0 Å². The molecule has 0 bridgehead atoms. The van der Waals surface area contributed by atoms with Crippen LogP contribution in [0.1, 0.15) is 35.2 Å².